The van der Waals surface area contributed by atoms with Crippen molar-refractivity contribution in [2.75, 3.05) is 0 Å². The maximum Gasteiger partial charge on any atom is 0.311 e. The standard InChI is InChI=1S/C11H14O3/c1-9(2)10(3)4-5-6(7(10)12)11(5,9)8(13)14/h5-6H,4H2,1-3H3,(H,13,14)/t5-,6+,10-,11-/m0/s1. The molecule has 0 radical (unpaired) electrons. The van der Waals surface area contributed by atoms with Gasteiger partial charge in [-0.1, -0.05) is 20.8 Å². The van der Waals surface area contributed by atoms with Gasteiger partial charge < -0.3 is 5.11 Å². The molecule has 0 unspecified atom stereocenters. The van der Waals surface area contributed by atoms with Crippen molar-refractivity contribution in [2.24, 2.45) is 28.1 Å². The van der Waals surface area contributed by atoms with Gasteiger partial charge in [-0.25, -0.2) is 0 Å². The first-order valence-electron chi connectivity index (χ1n) is 5.09. The number of carbonyl (C=O) groups is 2. The zero-order chi connectivity index (χ0) is 10.5. The topological polar surface area (TPSA) is 54.4 Å². The summed E-state index contributed by atoms with van der Waals surface area (Å²) in [6.45, 7) is 5.85. The molecule has 3 nitrogen and oxygen atoms in total. The average Bonchev–Trinajstić information content (AvgIpc) is 2.53. The van der Waals surface area contributed by atoms with Crippen LogP contribution in [0.4, 0.5) is 0 Å². The SMILES string of the molecule is CC1(C)[C@@]2(C(=O)O)[C@H]3C[C@@]1(C)C(=O)[C@@H]32. The molecule has 0 spiro atoms. The van der Waals surface area contributed by atoms with Crippen LogP contribution in [-0.4, -0.2) is 16.9 Å². The van der Waals surface area contributed by atoms with Gasteiger partial charge >= 0.3 is 5.97 Å². The fourth-order valence-electron chi connectivity index (χ4n) is 4.44. The van der Waals surface area contributed by atoms with Crippen molar-refractivity contribution in [3.05, 3.63) is 0 Å². The van der Waals surface area contributed by atoms with Crippen molar-refractivity contribution < 1.29 is 14.7 Å². The maximum atomic E-state index is 12.0. The predicted octanol–water partition coefficient (Wildman–Crippen LogP) is 1.32. The third-order valence-corrected chi connectivity index (χ3v) is 5.59. The molecular weight excluding hydrogens is 180 g/mol. The first-order chi connectivity index (χ1) is 6.32. The number of aliphatic carboxylic acids is 1. The molecule has 3 heteroatoms. The van der Waals surface area contributed by atoms with Crippen LogP contribution in [0, 0.1) is 28.1 Å². The number of hydrogen-bond acceptors (Lipinski definition) is 2. The summed E-state index contributed by atoms with van der Waals surface area (Å²) in [5.41, 5.74) is -1.45. The molecule has 4 fully saturated rings. The maximum absolute atomic E-state index is 12.0. The van der Waals surface area contributed by atoms with Crippen molar-refractivity contribution in [3.8, 4) is 0 Å². The highest BCUT2D eigenvalue weighted by atomic mass is 16.4. The second-order valence-corrected chi connectivity index (χ2v) is 5.78. The van der Waals surface area contributed by atoms with Gasteiger partial charge in [-0.3, -0.25) is 9.59 Å². The Labute approximate surface area is 82.5 Å². The Bertz CT molecular complexity index is 384. The second kappa shape index (κ2) is 1.66. The van der Waals surface area contributed by atoms with Gasteiger partial charge in [0, 0.05) is 11.3 Å². The molecule has 0 heterocycles. The van der Waals surface area contributed by atoms with Gasteiger partial charge in [-0.05, 0) is 17.8 Å². The number of ketones is 1. The minimum atomic E-state index is -0.757. The van der Waals surface area contributed by atoms with Crippen molar-refractivity contribution in [3.63, 3.8) is 0 Å². The van der Waals surface area contributed by atoms with Crippen molar-refractivity contribution in [1.82, 2.24) is 0 Å². The van der Waals surface area contributed by atoms with Gasteiger partial charge in [0.15, 0.2) is 0 Å². The van der Waals surface area contributed by atoms with Crippen LogP contribution in [0.3, 0.4) is 0 Å². The van der Waals surface area contributed by atoms with Crippen LogP contribution in [0.25, 0.3) is 0 Å². The lowest BCUT2D eigenvalue weighted by atomic mass is 9.66. The van der Waals surface area contributed by atoms with E-state index in [1.165, 1.54) is 0 Å². The normalized spacial score (nSPS) is 56.4. The van der Waals surface area contributed by atoms with Gasteiger partial charge in [0.1, 0.15) is 5.78 Å². The highest BCUT2D eigenvalue weighted by Gasteiger charge is 2.94. The van der Waals surface area contributed by atoms with E-state index in [1.807, 2.05) is 20.8 Å². The van der Waals surface area contributed by atoms with E-state index in [9.17, 15) is 14.7 Å². The molecule has 0 saturated heterocycles. The Kier molecular flexibility index (Phi) is 1.00. The van der Waals surface area contributed by atoms with Gasteiger partial charge in [0.05, 0.1) is 5.41 Å². The number of carboxylic acids is 1. The lowest BCUT2D eigenvalue weighted by Crippen LogP contribution is -2.38. The largest absolute Gasteiger partial charge is 0.481 e. The number of carbonyl (C=O) groups excluding carboxylic acids is 1. The number of rotatable bonds is 1. The Balaban J connectivity index is 2.26. The summed E-state index contributed by atoms with van der Waals surface area (Å²) in [7, 11) is 0. The summed E-state index contributed by atoms with van der Waals surface area (Å²) in [5, 5.41) is 9.33. The Morgan fingerprint density at radius 3 is 2.14 bits per heavy atom. The predicted molar refractivity (Wildman–Crippen MR) is 48.6 cm³/mol. The minimum Gasteiger partial charge on any atom is -0.481 e. The molecule has 0 amide bonds. The highest BCUT2D eigenvalue weighted by Crippen LogP contribution is 2.88. The summed E-state index contributed by atoms with van der Waals surface area (Å²) < 4.78 is 0. The van der Waals surface area contributed by atoms with Gasteiger partial charge in [-0.15, -0.1) is 0 Å². The third kappa shape index (κ3) is 0.421. The first-order valence-corrected chi connectivity index (χ1v) is 5.09. The molecule has 0 aromatic rings. The molecule has 4 rings (SSSR count). The van der Waals surface area contributed by atoms with Crippen molar-refractivity contribution in [2.45, 2.75) is 27.2 Å². The van der Waals surface area contributed by atoms with Gasteiger partial charge in [0.25, 0.3) is 0 Å². The van der Waals surface area contributed by atoms with E-state index < -0.39 is 11.4 Å². The molecule has 4 aliphatic carbocycles. The molecular formula is C11H14O3. The number of Topliss-reactive ketones (excluding diaryl/α,β-unsaturated/α-hetero) is 1. The molecule has 14 heavy (non-hydrogen) atoms. The zero-order valence-corrected chi connectivity index (χ0v) is 8.63. The molecule has 4 aliphatic rings. The van der Waals surface area contributed by atoms with E-state index in [4.69, 9.17) is 0 Å². The molecule has 0 aromatic carbocycles. The fourth-order valence-corrected chi connectivity index (χ4v) is 4.44. The molecule has 4 bridgehead atoms. The fraction of sp³-hybridized carbons (Fsp3) is 0.818. The van der Waals surface area contributed by atoms with Crippen LogP contribution < -0.4 is 0 Å². The molecule has 76 valence electrons. The summed E-state index contributed by atoms with van der Waals surface area (Å²) in [6.07, 6.45) is 0.788. The van der Waals surface area contributed by atoms with Crippen LogP contribution in [0.1, 0.15) is 27.2 Å². The van der Waals surface area contributed by atoms with Crippen LogP contribution in [0.2, 0.25) is 0 Å². The molecule has 1 N–H and O–H groups in total. The smallest absolute Gasteiger partial charge is 0.311 e. The lowest BCUT2D eigenvalue weighted by Gasteiger charge is -2.35. The van der Waals surface area contributed by atoms with E-state index in [2.05, 4.69) is 0 Å². The van der Waals surface area contributed by atoms with Crippen molar-refractivity contribution in [1.29, 1.82) is 0 Å². The second-order valence-electron chi connectivity index (χ2n) is 5.78. The van der Waals surface area contributed by atoms with E-state index >= 15 is 0 Å². The number of carboxylic acid groups (broad SMARTS) is 1. The zero-order valence-electron chi connectivity index (χ0n) is 8.63. The average molecular weight is 194 g/mol. The van der Waals surface area contributed by atoms with Gasteiger partial charge in [-0.2, -0.15) is 0 Å². The Morgan fingerprint density at radius 1 is 1.43 bits per heavy atom. The third-order valence-electron chi connectivity index (χ3n) is 5.59. The van der Waals surface area contributed by atoms with E-state index in [0.717, 1.165) is 6.42 Å². The summed E-state index contributed by atoms with van der Waals surface area (Å²) in [4.78, 5) is 23.3. The highest BCUT2D eigenvalue weighted by molar-refractivity contribution is 6.06. The van der Waals surface area contributed by atoms with E-state index in [-0.39, 0.29) is 28.4 Å². The first kappa shape index (κ1) is 8.45. The number of hydrogen-bond donors (Lipinski definition) is 1. The molecule has 4 saturated carbocycles. The molecule has 0 aliphatic heterocycles. The van der Waals surface area contributed by atoms with Crippen LogP contribution >= 0.6 is 0 Å². The van der Waals surface area contributed by atoms with Crippen LogP contribution in [0.15, 0.2) is 0 Å². The van der Waals surface area contributed by atoms with Crippen molar-refractivity contribution >= 4 is 11.8 Å². The van der Waals surface area contributed by atoms with Crippen LogP contribution in [0.5, 0.6) is 0 Å². The monoisotopic (exact) mass is 194 g/mol. The molecule has 4 atom stereocenters. The Morgan fingerprint density at radius 2 is 2.00 bits per heavy atom. The minimum absolute atomic E-state index is 0.132. The molecule has 0 aromatic heterocycles. The quantitative estimate of drug-likeness (QED) is 0.685. The van der Waals surface area contributed by atoms with E-state index in [0.29, 0.717) is 0 Å². The lowest BCUT2D eigenvalue weighted by molar-refractivity contribution is -0.148. The Hall–Kier alpha value is -0.860. The van der Waals surface area contributed by atoms with Gasteiger partial charge in [0.2, 0.25) is 0 Å². The van der Waals surface area contributed by atoms with Crippen LogP contribution in [-0.2, 0) is 9.59 Å². The van der Waals surface area contributed by atoms with E-state index in [1.54, 1.807) is 0 Å². The summed E-state index contributed by atoms with van der Waals surface area (Å²) in [6, 6.07) is 0. The summed E-state index contributed by atoms with van der Waals surface area (Å²) in [5.74, 6) is -0.588. The summed E-state index contributed by atoms with van der Waals surface area (Å²) >= 11 is 0.